The summed E-state index contributed by atoms with van der Waals surface area (Å²) in [6, 6.07) is 7.30. The first-order valence-corrected chi connectivity index (χ1v) is 7.91. The van der Waals surface area contributed by atoms with Crippen molar-refractivity contribution in [1.82, 2.24) is 0 Å². The lowest BCUT2D eigenvalue weighted by Crippen LogP contribution is -2.47. The first-order chi connectivity index (χ1) is 9.27. The Kier molecular flexibility index (Phi) is 4.04. The minimum Gasteiger partial charge on any atom is -0.497 e. The summed E-state index contributed by atoms with van der Waals surface area (Å²) in [4.78, 5) is 0. The van der Waals surface area contributed by atoms with E-state index in [9.17, 15) is 9.32 Å². The van der Waals surface area contributed by atoms with Crippen molar-refractivity contribution in [2.75, 3.05) is 12.9 Å². The third kappa shape index (κ3) is 2.80. The quantitative estimate of drug-likeness (QED) is 0.889. The van der Waals surface area contributed by atoms with Gasteiger partial charge in [-0.15, -0.1) is 0 Å². The molecule has 2 rings (SSSR count). The summed E-state index contributed by atoms with van der Waals surface area (Å²) in [6.07, 6.45) is 0.388. The summed E-state index contributed by atoms with van der Waals surface area (Å²) < 4.78 is 17.0. The van der Waals surface area contributed by atoms with E-state index in [0.29, 0.717) is 23.5 Å². The molecule has 3 N–H and O–H groups in total. The molecule has 0 saturated heterocycles. The number of rotatable bonds is 3. The average Bonchev–Trinajstić information content (AvgIpc) is 2.40. The fourth-order valence-corrected chi connectivity index (χ4v) is 3.91. The van der Waals surface area contributed by atoms with Crippen LogP contribution in [0.1, 0.15) is 25.8 Å². The predicted molar refractivity (Wildman–Crippen MR) is 80.9 cm³/mol. The van der Waals surface area contributed by atoms with Crippen LogP contribution in [0.3, 0.4) is 0 Å². The van der Waals surface area contributed by atoms with Crippen molar-refractivity contribution >= 4 is 10.8 Å². The molecule has 0 saturated carbocycles. The lowest BCUT2D eigenvalue weighted by atomic mass is 9.76. The van der Waals surface area contributed by atoms with Gasteiger partial charge >= 0.3 is 0 Å². The highest BCUT2D eigenvalue weighted by Crippen LogP contribution is 2.41. The summed E-state index contributed by atoms with van der Waals surface area (Å²) >= 11 is 0. The first-order valence-electron chi connectivity index (χ1n) is 6.53. The van der Waals surface area contributed by atoms with Crippen LogP contribution in [0.25, 0.3) is 0 Å². The van der Waals surface area contributed by atoms with Crippen molar-refractivity contribution < 1.29 is 14.1 Å². The Hall–Kier alpha value is -1.17. The lowest BCUT2D eigenvalue weighted by Gasteiger charge is -2.40. The maximum Gasteiger partial charge on any atom is 0.119 e. The Bertz CT molecular complexity index is 562. The largest absolute Gasteiger partial charge is 0.497 e. The molecule has 1 heterocycles. The Balaban J connectivity index is 2.55. The molecule has 4 nitrogen and oxygen atoms in total. The number of aliphatic hydroxyl groups is 1. The second-order valence-corrected chi connectivity index (χ2v) is 7.09. The van der Waals surface area contributed by atoms with Crippen molar-refractivity contribution in [3.63, 3.8) is 0 Å². The Morgan fingerprint density at radius 3 is 2.75 bits per heavy atom. The predicted octanol–water partition coefficient (Wildman–Crippen LogP) is 1.66. The van der Waals surface area contributed by atoms with Crippen molar-refractivity contribution in [1.29, 1.82) is 0 Å². The molecule has 0 bridgehead atoms. The number of methoxy groups -OCH3 is 1. The second kappa shape index (κ2) is 5.31. The van der Waals surface area contributed by atoms with Gasteiger partial charge < -0.3 is 15.6 Å². The van der Waals surface area contributed by atoms with E-state index in [-0.39, 0.29) is 0 Å². The number of ether oxygens (including phenoxy) is 1. The van der Waals surface area contributed by atoms with Crippen LogP contribution in [-0.4, -0.2) is 27.7 Å². The van der Waals surface area contributed by atoms with Crippen LogP contribution in [-0.2, 0) is 16.4 Å². The summed E-state index contributed by atoms with van der Waals surface area (Å²) in [5.41, 5.74) is 5.55. The van der Waals surface area contributed by atoms with Gasteiger partial charge in [0.15, 0.2) is 0 Å². The zero-order valence-electron chi connectivity index (χ0n) is 12.1. The molecule has 0 amide bonds. The number of hydrogen-bond donors (Lipinski definition) is 2. The van der Waals surface area contributed by atoms with E-state index in [2.05, 4.69) is 0 Å². The molecule has 0 radical (unpaired) electrons. The molecule has 1 aliphatic rings. The van der Waals surface area contributed by atoms with Gasteiger partial charge in [-0.2, -0.15) is 0 Å². The van der Waals surface area contributed by atoms with Crippen LogP contribution in [0.2, 0.25) is 0 Å². The van der Waals surface area contributed by atoms with Gasteiger partial charge in [-0.1, -0.05) is 12.1 Å². The summed E-state index contributed by atoms with van der Waals surface area (Å²) in [7, 11) is 0.508. The molecule has 0 aromatic heterocycles. The zero-order valence-corrected chi connectivity index (χ0v) is 12.9. The standard InChI is InChI=1S/C15H21NO3S/c1-14(2,16)13-10-20(18)8-7-15(13,17)11-5-4-6-12(9-11)19-3/h4-6,9-10,17H,7-8,16H2,1-3H3. The minimum atomic E-state index is -1.19. The van der Waals surface area contributed by atoms with Crippen molar-refractivity contribution in [2.45, 2.75) is 31.4 Å². The molecule has 0 fully saturated rings. The maximum absolute atomic E-state index is 11.8. The molecule has 2 atom stereocenters. The van der Waals surface area contributed by atoms with E-state index < -0.39 is 21.9 Å². The highest BCUT2D eigenvalue weighted by atomic mass is 32.2. The second-order valence-electron chi connectivity index (χ2n) is 5.68. The van der Waals surface area contributed by atoms with E-state index in [1.165, 1.54) is 0 Å². The normalized spacial score (nSPS) is 27.1. The smallest absolute Gasteiger partial charge is 0.119 e. The highest BCUT2D eigenvalue weighted by molar-refractivity contribution is 7.88. The van der Waals surface area contributed by atoms with Crippen LogP contribution < -0.4 is 10.5 Å². The summed E-state index contributed by atoms with van der Waals surface area (Å²) in [5, 5.41) is 12.7. The zero-order chi connectivity index (χ0) is 15.0. The van der Waals surface area contributed by atoms with Gasteiger partial charge in [-0.05, 0) is 43.5 Å². The van der Waals surface area contributed by atoms with E-state index >= 15 is 0 Å². The van der Waals surface area contributed by atoms with Gasteiger partial charge in [0.25, 0.3) is 0 Å². The average molecular weight is 295 g/mol. The third-order valence-electron chi connectivity index (χ3n) is 3.60. The third-order valence-corrected chi connectivity index (χ3v) is 4.71. The molecule has 1 aromatic rings. The van der Waals surface area contributed by atoms with E-state index in [1.54, 1.807) is 18.6 Å². The Labute approximate surface area is 122 Å². The van der Waals surface area contributed by atoms with Gasteiger partial charge in [0, 0.05) is 27.5 Å². The molecular formula is C15H21NO3S. The topological polar surface area (TPSA) is 72.5 Å². The molecule has 0 spiro atoms. The van der Waals surface area contributed by atoms with Crippen LogP contribution >= 0.6 is 0 Å². The first kappa shape index (κ1) is 15.2. The van der Waals surface area contributed by atoms with E-state index in [0.717, 1.165) is 5.56 Å². The minimum absolute atomic E-state index is 0.388. The monoisotopic (exact) mass is 295 g/mol. The Morgan fingerprint density at radius 2 is 2.15 bits per heavy atom. The fourth-order valence-electron chi connectivity index (χ4n) is 2.54. The maximum atomic E-state index is 11.8. The van der Waals surface area contributed by atoms with E-state index in [4.69, 9.17) is 10.5 Å². The molecule has 20 heavy (non-hydrogen) atoms. The number of benzene rings is 1. The van der Waals surface area contributed by atoms with Crippen molar-refractivity contribution in [3.05, 3.63) is 40.8 Å². The molecule has 0 aliphatic carbocycles. The van der Waals surface area contributed by atoms with Gasteiger partial charge in [0.2, 0.25) is 0 Å². The van der Waals surface area contributed by atoms with Gasteiger partial charge in [-0.25, -0.2) is 0 Å². The van der Waals surface area contributed by atoms with E-state index in [1.807, 2.05) is 32.0 Å². The van der Waals surface area contributed by atoms with Crippen LogP contribution in [0.15, 0.2) is 35.2 Å². The summed E-state index contributed by atoms with van der Waals surface area (Å²) in [5.74, 6) is 1.10. The molecule has 2 unspecified atom stereocenters. The van der Waals surface area contributed by atoms with Crippen molar-refractivity contribution in [2.24, 2.45) is 5.73 Å². The lowest BCUT2D eigenvalue weighted by molar-refractivity contribution is 0.0595. The number of nitrogens with two attached hydrogens (primary N) is 1. The van der Waals surface area contributed by atoms with Crippen molar-refractivity contribution in [3.8, 4) is 5.75 Å². The van der Waals surface area contributed by atoms with Gasteiger partial charge in [0.1, 0.15) is 11.4 Å². The molecule has 5 heteroatoms. The molecule has 1 aromatic carbocycles. The molecular weight excluding hydrogens is 274 g/mol. The van der Waals surface area contributed by atoms with Gasteiger partial charge in [-0.3, -0.25) is 4.21 Å². The van der Waals surface area contributed by atoms with Crippen LogP contribution in [0, 0.1) is 0 Å². The van der Waals surface area contributed by atoms with Crippen LogP contribution in [0.5, 0.6) is 5.75 Å². The molecule has 1 aliphatic heterocycles. The fraction of sp³-hybridized carbons (Fsp3) is 0.467. The van der Waals surface area contributed by atoms with Gasteiger partial charge in [0.05, 0.1) is 7.11 Å². The van der Waals surface area contributed by atoms with Crippen LogP contribution in [0.4, 0.5) is 0 Å². The molecule has 110 valence electrons. The highest BCUT2D eigenvalue weighted by Gasteiger charge is 2.42. The summed E-state index contributed by atoms with van der Waals surface area (Å²) in [6.45, 7) is 3.62. The SMILES string of the molecule is COc1cccc(C2(O)CCS(=O)C=C2C(C)(C)N)c1. The Morgan fingerprint density at radius 1 is 1.45 bits per heavy atom. The number of hydrogen-bond acceptors (Lipinski definition) is 4.